The summed E-state index contributed by atoms with van der Waals surface area (Å²) in [5, 5.41) is 9.68. The second kappa shape index (κ2) is 5.10. The molecule has 5 nitrogen and oxygen atoms in total. The highest BCUT2D eigenvalue weighted by molar-refractivity contribution is 6.23. The highest BCUT2D eigenvalue weighted by atomic mass is 35.5. The van der Waals surface area contributed by atoms with E-state index in [1.165, 1.54) is 7.11 Å². The summed E-state index contributed by atoms with van der Waals surface area (Å²) in [5.74, 6) is -0.919. The predicted octanol–water partition coefficient (Wildman–Crippen LogP) is 2.24. The maximum atomic E-state index is 11.6. The van der Waals surface area contributed by atoms with Crippen molar-refractivity contribution in [3.63, 3.8) is 0 Å². The van der Waals surface area contributed by atoms with Crippen LogP contribution in [0.1, 0.15) is 5.82 Å². The SMILES string of the molecule is COC(=O)/C(=C(\O)CCl)c1nc2ccccc2[nH]1. The first kappa shape index (κ1) is 12.4. The van der Waals surface area contributed by atoms with E-state index < -0.39 is 5.97 Å². The monoisotopic (exact) mass is 266 g/mol. The Hall–Kier alpha value is -2.01. The van der Waals surface area contributed by atoms with Crippen LogP contribution < -0.4 is 0 Å². The number of nitrogens with one attached hydrogen (secondary N) is 1. The van der Waals surface area contributed by atoms with Crippen LogP contribution in [0.15, 0.2) is 30.0 Å². The quantitative estimate of drug-likeness (QED) is 0.387. The number of aromatic amines is 1. The number of methoxy groups -OCH3 is 1. The number of aliphatic hydroxyl groups excluding tert-OH is 1. The van der Waals surface area contributed by atoms with Crippen molar-refractivity contribution in [1.82, 2.24) is 9.97 Å². The van der Waals surface area contributed by atoms with Gasteiger partial charge in [-0.15, -0.1) is 11.6 Å². The van der Waals surface area contributed by atoms with Gasteiger partial charge in [0.15, 0.2) is 0 Å². The third-order valence-corrected chi connectivity index (χ3v) is 2.68. The molecular weight excluding hydrogens is 256 g/mol. The fourth-order valence-corrected chi connectivity index (χ4v) is 1.72. The van der Waals surface area contributed by atoms with Crippen LogP contribution in [0.2, 0.25) is 0 Å². The fraction of sp³-hybridized carbons (Fsp3) is 0.167. The van der Waals surface area contributed by atoms with E-state index in [1.807, 2.05) is 18.2 Å². The number of halogens is 1. The molecule has 0 radical (unpaired) electrons. The van der Waals surface area contributed by atoms with Crippen molar-refractivity contribution in [2.75, 3.05) is 13.0 Å². The molecule has 6 heteroatoms. The summed E-state index contributed by atoms with van der Waals surface area (Å²) in [6.45, 7) is 0. The Kier molecular flexibility index (Phi) is 3.53. The van der Waals surface area contributed by atoms with Gasteiger partial charge in [0.05, 0.1) is 24.0 Å². The number of nitrogens with zero attached hydrogens (tertiary/aromatic N) is 1. The third-order valence-electron chi connectivity index (χ3n) is 2.43. The second-order valence-corrected chi connectivity index (χ2v) is 3.82. The molecule has 0 atom stereocenters. The Morgan fingerprint density at radius 3 is 2.83 bits per heavy atom. The first-order valence-corrected chi connectivity index (χ1v) is 5.72. The molecule has 0 saturated heterocycles. The number of alkyl halides is 1. The Morgan fingerprint density at radius 2 is 2.22 bits per heavy atom. The second-order valence-electron chi connectivity index (χ2n) is 3.55. The van der Waals surface area contributed by atoms with Crippen LogP contribution in [0.25, 0.3) is 16.6 Å². The smallest absolute Gasteiger partial charge is 0.345 e. The molecule has 18 heavy (non-hydrogen) atoms. The zero-order valence-electron chi connectivity index (χ0n) is 9.61. The van der Waals surface area contributed by atoms with E-state index in [0.717, 1.165) is 5.52 Å². The maximum Gasteiger partial charge on any atom is 0.345 e. The zero-order valence-corrected chi connectivity index (χ0v) is 10.4. The van der Waals surface area contributed by atoms with Crippen molar-refractivity contribution in [1.29, 1.82) is 0 Å². The minimum Gasteiger partial charge on any atom is -0.510 e. The number of para-hydroxylation sites is 2. The summed E-state index contributed by atoms with van der Waals surface area (Å²) in [4.78, 5) is 18.8. The van der Waals surface area contributed by atoms with Gasteiger partial charge in [-0.05, 0) is 12.1 Å². The van der Waals surface area contributed by atoms with Gasteiger partial charge in [-0.2, -0.15) is 0 Å². The molecule has 2 N–H and O–H groups in total. The minimum absolute atomic E-state index is 0.0521. The molecule has 2 rings (SSSR count). The fourth-order valence-electron chi connectivity index (χ4n) is 1.59. The number of H-pyrrole nitrogens is 1. The first-order valence-electron chi connectivity index (χ1n) is 5.19. The average Bonchev–Trinajstić information content (AvgIpc) is 2.81. The number of hydrogen-bond acceptors (Lipinski definition) is 4. The summed E-state index contributed by atoms with van der Waals surface area (Å²) >= 11 is 5.54. The van der Waals surface area contributed by atoms with Crippen LogP contribution in [0.3, 0.4) is 0 Å². The number of imidazole rings is 1. The Morgan fingerprint density at radius 1 is 1.50 bits per heavy atom. The van der Waals surface area contributed by atoms with E-state index in [0.29, 0.717) is 5.52 Å². The zero-order chi connectivity index (χ0) is 13.1. The number of carbonyl (C=O) groups is 1. The summed E-state index contributed by atoms with van der Waals surface area (Å²) in [6, 6.07) is 7.28. The third kappa shape index (κ3) is 2.17. The van der Waals surface area contributed by atoms with Crippen molar-refractivity contribution in [2.45, 2.75) is 0 Å². The molecule has 0 aliphatic heterocycles. The van der Waals surface area contributed by atoms with Gasteiger partial charge < -0.3 is 14.8 Å². The highest BCUT2D eigenvalue weighted by Crippen LogP contribution is 2.20. The van der Waals surface area contributed by atoms with Gasteiger partial charge in [0.2, 0.25) is 0 Å². The molecule has 0 amide bonds. The lowest BCUT2D eigenvalue weighted by Gasteiger charge is -2.04. The number of benzene rings is 1. The van der Waals surface area contributed by atoms with Crippen LogP contribution in [0, 0.1) is 0 Å². The van der Waals surface area contributed by atoms with Crippen molar-refractivity contribution < 1.29 is 14.6 Å². The maximum absolute atomic E-state index is 11.6. The predicted molar refractivity (Wildman–Crippen MR) is 68.4 cm³/mol. The van der Waals surface area contributed by atoms with Gasteiger partial charge in [-0.1, -0.05) is 12.1 Å². The molecule has 0 fully saturated rings. The average molecular weight is 267 g/mol. The lowest BCUT2D eigenvalue weighted by atomic mass is 10.2. The van der Waals surface area contributed by atoms with Crippen molar-refractivity contribution in [2.24, 2.45) is 0 Å². The van der Waals surface area contributed by atoms with Crippen molar-refractivity contribution in [3.8, 4) is 0 Å². The van der Waals surface area contributed by atoms with Crippen LogP contribution in [0.4, 0.5) is 0 Å². The van der Waals surface area contributed by atoms with E-state index in [1.54, 1.807) is 6.07 Å². The summed E-state index contributed by atoms with van der Waals surface area (Å²) < 4.78 is 4.61. The van der Waals surface area contributed by atoms with Gasteiger partial charge in [-0.25, -0.2) is 9.78 Å². The lowest BCUT2D eigenvalue weighted by Crippen LogP contribution is -2.09. The number of carbonyl (C=O) groups excluding carboxylic acids is 1. The van der Waals surface area contributed by atoms with Gasteiger partial charge >= 0.3 is 5.97 Å². The van der Waals surface area contributed by atoms with E-state index in [-0.39, 0.29) is 23.0 Å². The molecule has 0 unspecified atom stereocenters. The van der Waals surface area contributed by atoms with Gasteiger partial charge in [0.1, 0.15) is 17.2 Å². The number of fused-ring (bicyclic) bond motifs is 1. The summed E-state index contributed by atoms with van der Waals surface area (Å²) in [7, 11) is 1.23. The summed E-state index contributed by atoms with van der Waals surface area (Å²) in [6.07, 6.45) is 0. The number of esters is 1. The summed E-state index contributed by atoms with van der Waals surface area (Å²) in [5.41, 5.74) is 1.40. The number of rotatable bonds is 3. The number of aliphatic hydroxyl groups is 1. The normalized spacial score (nSPS) is 12.3. The largest absolute Gasteiger partial charge is 0.510 e. The minimum atomic E-state index is -0.688. The van der Waals surface area contributed by atoms with Crippen LogP contribution >= 0.6 is 11.6 Å². The Balaban J connectivity index is 2.58. The molecule has 1 heterocycles. The highest BCUT2D eigenvalue weighted by Gasteiger charge is 2.21. The van der Waals surface area contributed by atoms with E-state index in [2.05, 4.69) is 14.7 Å². The molecule has 0 saturated carbocycles. The van der Waals surface area contributed by atoms with Crippen LogP contribution in [-0.2, 0) is 9.53 Å². The molecule has 1 aromatic heterocycles. The topological polar surface area (TPSA) is 75.2 Å². The van der Waals surface area contributed by atoms with E-state index in [4.69, 9.17) is 11.6 Å². The Labute approximate surface area is 108 Å². The number of ether oxygens (including phenoxy) is 1. The molecule has 1 aromatic carbocycles. The molecule has 0 aliphatic carbocycles. The van der Waals surface area contributed by atoms with Crippen LogP contribution in [-0.4, -0.2) is 34.0 Å². The number of hydrogen-bond donors (Lipinski definition) is 2. The number of aromatic nitrogens is 2. The molecule has 2 aromatic rings. The van der Waals surface area contributed by atoms with Gasteiger partial charge in [-0.3, -0.25) is 0 Å². The van der Waals surface area contributed by atoms with Gasteiger partial charge in [0, 0.05) is 0 Å². The molecule has 0 spiro atoms. The first-order chi connectivity index (χ1) is 8.67. The Bertz CT molecular complexity index is 586. The van der Waals surface area contributed by atoms with Crippen molar-refractivity contribution in [3.05, 3.63) is 35.8 Å². The lowest BCUT2D eigenvalue weighted by molar-refractivity contribution is -0.133. The molecule has 94 valence electrons. The van der Waals surface area contributed by atoms with Crippen LogP contribution in [0.5, 0.6) is 0 Å². The number of allylic oxidation sites excluding steroid dienone is 1. The van der Waals surface area contributed by atoms with Gasteiger partial charge in [0.25, 0.3) is 0 Å². The van der Waals surface area contributed by atoms with E-state index >= 15 is 0 Å². The standard InChI is InChI=1S/C12H11ClN2O3/c1-18-12(17)10(9(16)6-13)11-14-7-4-2-3-5-8(7)15-11/h2-5,16H,6H2,1H3,(H,14,15)/b10-9-. The van der Waals surface area contributed by atoms with Crippen molar-refractivity contribution >= 4 is 34.2 Å². The molecule has 0 aliphatic rings. The molecular formula is C12H11ClN2O3. The van der Waals surface area contributed by atoms with E-state index in [9.17, 15) is 9.90 Å². The molecule has 0 bridgehead atoms.